The van der Waals surface area contributed by atoms with Crippen molar-refractivity contribution in [1.29, 1.82) is 0 Å². The second-order valence-electron chi connectivity index (χ2n) is 9.26. The molecule has 0 aromatic heterocycles. The Bertz CT molecular complexity index is 1300. The molecule has 188 valence electrons. The van der Waals surface area contributed by atoms with Crippen LogP contribution in [0.25, 0.3) is 0 Å². The van der Waals surface area contributed by atoms with Crippen LogP contribution >= 0.6 is 23.2 Å². The number of hydrogen-bond donors (Lipinski definition) is 1. The first-order valence-electron chi connectivity index (χ1n) is 12.5. The predicted molar refractivity (Wildman–Crippen MR) is 154 cm³/mol. The van der Waals surface area contributed by atoms with Gasteiger partial charge in [-0.2, -0.15) is 0 Å². The topological polar surface area (TPSA) is 35.6 Å². The molecule has 0 radical (unpaired) electrons. The van der Waals surface area contributed by atoms with E-state index in [1.807, 2.05) is 97.1 Å². The second kappa shape index (κ2) is 11.8. The van der Waals surface area contributed by atoms with Crippen molar-refractivity contribution in [1.82, 2.24) is 4.90 Å². The Morgan fingerprint density at radius 2 is 1.32 bits per heavy atom. The van der Waals surface area contributed by atoms with E-state index in [4.69, 9.17) is 23.2 Å². The van der Waals surface area contributed by atoms with Gasteiger partial charge < -0.3 is 10.2 Å². The number of halogens is 2. The summed E-state index contributed by atoms with van der Waals surface area (Å²) >= 11 is 13.1. The van der Waals surface area contributed by atoms with Crippen molar-refractivity contribution in [3.05, 3.63) is 130 Å². The fourth-order valence-corrected chi connectivity index (χ4v) is 5.35. The fourth-order valence-electron chi connectivity index (χ4n) is 4.86. The molecule has 4 nitrogen and oxygen atoms in total. The van der Waals surface area contributed by atoms with Gasteiger partial charge in [0.15, 0.2) is 0 Å². The molecule has 0 spiro atoms. The van der Waals surface area contributed by atoms with Gasteiger partial charge >= 0.3 is 0 Å². The molecule has 4 aromatic carbocycles. The molecule has 0 bridgehead atoms. The van der Waals surface area contributed by atoms with Gasteiger partial charge in [0.1, 0.15) is 0 Å². The summed E-state index contributed by atoms with van der Waals surface area (Å²) in [6, 6.07) is 33.5. The van der Waals surface area contributed by atoms with E-state index in [1.165, 1.54) is 0 Å². The lowest BCUT2D eigenvalue weighted by molar-refractivity contribution is -0.116. The summed E-state index contributed by atoms with van der Waals surface area (Å²) in [6.45, 7) is 4.45. The highest BCUT2D eigenvalue weighted by Gasteiger charge is 2.24. The molecule has 1 aliphatic rings. The number of amides is 1. The van der Waals surface area contributed by atoms with Gasteiger partial charge in [-0.25, -0.2) is 0 Å². The summed E-state index contributed by atoms with van der Waals surface area (Å²) in [6.07, 6.45) is 0. The summed E-state index contributed by atoms with van der Waals surface area (Å²) in [4.78, 5) is 18.2. The van der Waals surface area contributed by atoms with E-state index in [0.717, 1.165) is 60.1 Å². The van der Waals surface area contributed by atoms with Crippen LogP contribution in [0.3, 0.4) is 0 Å². The summed E-state index contributed by atoms with van der Waals surface area (Å²) < 4.78 is 0. The second-order valence-corrected chi connectivity index (χ2v) is 10.1. The van der Waals surface area contributed by atoms with Crippen molar-refractivity contribution in [2.75, 3.05) is 36.4 Å². The zero-order valence-electron chi connectivity index (χ0n) is 20.5. The number of nitrogens with zero attached hydrogens (tertiary/aromatic N) is 2. The molecular formula is C31H29Cl2N3O. The van der Waals surface area contributed by atoms with Crippen molar-refractivity contribution >= 4 is 40.5 Å². The molecule has 0 aliphatic carbocycles. The van der Waals surface area contributed by atoms with Crippen LogP contribution in [-0.2, 0) is 11.3 Å². The Morgan fingerprint density at radius 3 is 1.92 bits per heavy atom. The lowest BCUT2D eigenvalue weighted by atomic mass is 9.90. The first kappa shape index (κ1) is 25.3. The smallest absolute Gasteiger partial charge is 0.236 e. The standard InChI is InChI=1S/C31H29Cl2N3O/c32-27-14-8-7-13-25(27)22-35-17-19-36(20-18-35)29-16-15-26(21-28(29)33)34-31(37)30(23-9-3-1-4-10-23)24-11-5-2-6-12-24/h1-16,21,30H,17-20,22H2,(H,34,37). The van der Waals surface area contributed by atoms with E-state index in [1.54, 1.807) is 0 Å². The Kier molecular flexibility index (Phi) is 8.10. The lowest BCUT2D eigenvalue weighted by Crippen LogP contribution is -2.46. The molecule has 4 aromatic rings. The summed E-state index contributed by atoms with van der Waals surface area (Å²) in [5, 5.41) is 4.53. The van der Waals surface area contributed by atoms with Crippen molar-refractivity contribution in [3.8, 4) is 0 Å². The van der Waals surface area contributed by atoms with Crippen LogP contribution in [0.1, 0.15) is 22.6 Å². The molecule has 0 atom stereocenters. The Morgan fingerprint density at radius 1 is 0.730 bits per heavy atom. The zero-order valence-corrected chi connectivity index (χ0v) is 22.0. The lowest BCUT2D eigenvalue weighted by Gasteiger charge is -2.36. The number of hydrogen-bond acceptors (Lipinski definition) is 3. The van der Waals surface area contributed by atoms with Crippen LogP contribution in [0.2, 0.25) is 10.0 Å². The van der Waals surface area contributed by atoms with Crippen molar-refractivity contribution in [2.45, 2.75) is 12.5 Å². The molecule has 0 saturated carbocycles. The fraction of sp³-hybridized carbons (Fsp3) is 0.194. The molecule has 1 heterocycles. The number of rotatable bonds is 7. The van der Waals surface area contributed by atoms with Gasteiger partial charge in [0, 0.05) is 43.4 Å². The van der Waals surface area contributed by atoms with Gasteiger partial charge in [-0.3, -0.25) is 9.69 Å². The maximum absolute atomic E-state index is 13.4. The third-order valence-corrected chi connectivity index (χ3v) is 7.48. The number of anilines is 2. The molecule has 37 heavy (non-hydrogen) atoms. The Balaban J connectivity index is 1.25. The molecule has 1 saturated heterocycles. The predicted octanol–water partition coefficient (Wildman–Crippen LogP) is 7.09. The number of nitrogens with one attached hydrogen (secondary N) is 1. The van der Waals surface area contributed by atoms with E-state index >= 15 is 0 Å². The number of carbonyl (C=O) groups is 1. The van der Waals surface area contributed by atoms with E-state index in [0.29, 0.717) is 10.7 Å². The van der Waals surface area contributed by atoms with Crippen molar-refractivity contribution < 1.29 is 4.79 Å². The SMILES string of the molecule is O=C(Nc1ccc(N2CCN(Cc3ccccc3Cl)CC2)c(Cl)c1)C(c1ccccc1)c1ccccc1. The Hall–Kier alpha value is -3.31. The molecule has 1 aliphatic heterocycles. The van der Waals surface area contributed by atoms with Crippen LogP contribution in [0.15, 0.2) is 103 Å². The summed E-state index contributed by atoms with van der Waals surface area (Å²) in [5.74, 6) is -0.499. The summed E-state index contributed by atoms with van der Waals surface area (Å²) in [5.41, 5.74) is 4.72. The van der Waals surface area contributed by atoms with Crippen molar-refractivity contribution in [3.63, 3.8) is 0 Å². The number of carbonyl (C=O) groups excluding carboxylic acids is 1. The van der Waals surface area contributed by atoms with Crippen molar-refractivity contribution in [2.24, 2.45) is 0 Å². The van der Waals surface area contributed by atoms with Gasteiger partial charge in [0.05, 0.1) is 16.6 Å². The summed E-state index contributed by atoms with van der Waals surface area (Å²) in [7, 11) is 0. The van der Waals surface area contributed by atoms with E-state index in [-0.39, 0.29) is 5.91 Å². The largest absolute Gasteiger partial charge is 0.368 e. The van der Waals surface area contributed by atoms with E-state index < -0.39 is 5.92 Å². The quantitative estimate of drug-likeness (QED) is 0.277. The third-order valence-electron chi connectivity index (χ3n) is 6.81. The highest BCUT2D eigenvalue weighted by Crippen LogP contribution is 2.32. The average Bonchev–Trinajstić information content (AvgIpc) is 2.92. The number of piperazine rings is 1. The Labute approximate surface area is 228 Å². The van der Waals surface area contributed by atoms with Crippen LogP contribution in [0, 0.1) is 0 Å². The molecule has 1 amide bonds. The van der Waals surface area contributed by atoms with Gasteiger partial charge in [0.25, 0.3) is 0 Å². The first-order valence-corrected chi connectivity index (χ1v) is 13.2. The van der Waals surface area contributed by atoms with Crippen LogP contribution in [0.5, 0.6) is 0 Å². The first-order chi connectivity index (χ1) is 18.1. The molecule has 1 N–H and O–H groups in total. The highest BCUT2D eigenvalue weighted by molar-refractivity contribution is 6.33. The average molecular weight is 530 g/mol. The molecule has 6 heteroatoms. The van der Waals surface area contributed by atoms with E-state index in [2.05, 4.69) is 21.2 Å². The van der Waals surface area contributed by atoms with Gasteiger partial charge in [-0.1, -0.05) is 102 Å². The third kappa shape index (κ3) is 6.16. The highest BCUT2D eigenvalue weighted by atomic mass is 35.5. The van der Waals surface area contributed by atoms with Gasteiger partial charge in [-0.15, -0.1) is 0 Å². The minimum Gasteiger partial charge on any atom is -0.368 e. The maximum atomic E-state index is 13.4. The monoisotopic (exact) mass is 529 g/mol. The molecule has 1 fully saturated rings. The van der Waals surface area contributed by atoms with Crippen LogP contribution in [-0.4, -0.2) is 37.0 Å². The minimum absolute atomic E-state index is 0.0885. The number of benzene rings is 4. The maximum Gasteiger partial charge on any atom is 0.236 e. The van der Waals surface area contributed by atoms with Gasteiger partial charge in [0.2, 0.25) is 5.91 Å². The van der Waals surface area contributed by atoms with Crippen LogP contribution in [0.4, 0.5) is 11.4 Å². The minimum atomic E-state index is -0.410. The van der Waals surface area contributed by atoms with E-state index in [9.17, 15) is 4.79 Å². The van der Waals surface area contributed by atoms with Gasteiger partial charge in [-0.05, 0) is 41.0 Å². The van der Waals surface area contributed by atoms with Crippen LogP contribution < -0.4 is 10.2 Å². The molecule has 5 rings (SSSR count). The normalized spacial score (nSPS) is 14.1. The molecular weight excluding hydrogens is 501 g/mol. The zero-order chi connectivity index (χ0) is 25.6. The molecule has 0 unspecified atom stereocenters.